The Bertz CT molecular complexity index is 724. The monoisotopic (exact) mass is 339 g/mol. The molecule has 0 unspecified atom stereocenters. The van der Waals surface area contributed by atoms with Crippen LogP contribution in [-0.2, 0) is 16.6 Å². The van der Waals surface area contributed by atoms with E-state index < -0.39 is 10.0 Å². The molecule has 3 rings (SSSR count). The highest BCUT2D eigenvalue weighted by molar-refractivity contribution is 7.91. The van der Waals surface area contributed by atoms with Crippen molar-refractivity contribution in [2.75, 3.05) is 31.1 Å². The number of nitrogens with two attached hydrogens (primary N) is 1. The Kier molecular flexibility index (Phi) is 4.39. The molecular formula is C13H17N5O2S2. The van der Waals surface area contributed by atoms with Crippen molar-refractivity contribution in [1.82, 2.24) is 14.9 Å². The summed E-state index contributed by atoms with van der Waals surface area (Å²) in [4.78, 5) is 12.7. The molecule has 1 saturated heterocycles. The molecule has 22 heavy (non-hydrogen) atoms. The lowest BCUT2D eigenvalue weighted by molar-refractivity contribution is 0.250. The molecular weight excluding hydrogens is 322 g/mol. The first kappa shape index (κ1) is 15.3. The van der Waals surface area contributed by atoms with Gasteiger partial charge in [0.2, 0.25) is 10.0 Å². The lowest BCUT2D eigenvalue weighted by Crippen LogP contribution is -2.45. The normalized spacial score (nSPS) is 16.9. The van der Waals surface area contributed by atoms with E-state index in [4.69, 9.17) is 5.14 Å². The molecule has 3 heterocycles. The number of rotatable bonds is 4. The Morgan fingerprint density at radius 1 is 1.18 bits per heavy atom. The van der Waals surface area contributed by atoms with Crippen LogP contribution in [0.2, 0.25) is 0 Å². The Morgan fingerprint density at radius 3 is 2.45 bits per heavy atom. The van der Waals surface area contributed by atoms with Gasteiger partial charge in [0, 0.05) is 45.1 Å². The highest BCUT2D eigenvalue weighted by Gasteiger charge is 2.21. The van der Waals surface area contributed by atoms with Gasteiger partial charge in [-0.25, -0.2) is 18.5 Å². The first-order valence-electron chi connectivity index (χ1n) is 6.87. The van der Waals surface area contributed by atoms with Crippen molar-refractivity contribution in [3.05, 3.63) is 36.3 Å². The summed E-state index contributed by atoms with van der Waals surface area (Å²) in [6, 6.07) is 4.04. The minimum Gasteiger partial charge on any atom is -0.345 e. The summed E-state index contributed by atoms with van der Waals surface area (Å²) in [7, 11) is -3.66. The third kappa shape index (κ3) is 3.61. The van der Waals surface area contributed by atoms with Crippen molar-refractivity contribution >= 4 is 26.5 Å². The highest BCUT2D eigenvalue weighted by Crippen LogP contribution is 2.26. The fraction of sp³-hybridized carbons (Fsp3) is 0.385. The Morgan fingerprint density at radius 2 is 1.86 bits per heavy atom. The zero-order valence-electron chi connectivity index (χ0n) is 11.9. The van der Waals surface area contributed by atoms with Gasteiger partial charge in [-0.05, 0) is 17.7 Å². The summed E-state index contributed by atoms with van der Waals surface area (Å²) in [6.45, 7) is 4.36. The van der Waals surface area contributed by atoms with Crippen LogP contribution >= 0.6 is 11.3 Å². The summed E-state index contributed by atoms with van der Waals surface area (Å²) in [6.07, 6.45) is 4.94. The number of sulfonamides is 1. The second kappa shape index (κ2) is 6.29. The molecule has 0 atom stereocenters. The molecule has 2 aromatic heterocycles. The third-order valence-electron chi connectivity index (χ3n) is 3.55. The van der Waals surface area contributed by atoms with Crippen molar-refractivity contribution in [2.45, 2.75) is 10.8 Å². The fourth-order valence-electron chi connectivity index (χ4n) is 2.37. The second-order valence-corrected chi connectivity index (χ2v) is 7.92. The number of piperazine rings is 1. The summed E-state index contributed by atoms with van der Waals surface area (Å²) >= 11 is 1.13. The van der Waals surface area contributed by atoms with Gasteiger partial charge in [0.15, 0.2) is 9.34 Å². The van der Waals surface area contributed by atoms with Gasteiger partial charge in [-0.3, -0.25) is 9.88 Å². The molecule has 1 aliphatic rings. The molecule has 7 nitrogen and oxygen atoms in total. The van der Waals surface area contributed by atoms with Gasteiger partial charge in [0.05, 0.1) is 6.20 Å². The largest absolute Gasteiger partial charge is 0.345 e. The molecule has 118 valence electrons. The van der Waals surface area contributed by atoms with Crippen LogP contribution in [0.3, 0.4) is 0 Å². The van der Waals surface area contributed by atoms with Gasteiger partial charge in [-0.15, -0.1) is 0 Å². The minimum atomic E-state index is -3.66. The highest BCUT2D eigenvalue weighted by atomic mass is 32.2. The first-order chi connectivity index (χ1) is 10.5. The predicted octanol–water partition coefficient (Wildman–Crippen LogP) is 0.508. The first-order valence-corrected chi connectivity index (χ1v) is 9.23. The fourth-order valence-corrected chi connectivity index (χ4v) is 3.96. The number of thiazole rings is 1. The second-order valence-electron chi connectivity index (χ2n) is 5.13. The maximum absolute atomic E-state index is 11.3. The topological polar surface area (TPSA) is 92.4 Å². The van der Waals surface area contributed by atoms with Crippen LogP contribution in [0.1, 0.15) is 5.56 Å². The van der Waals surface area contributed by atoms with Crippen molar-refractivity contribution in [2.24, 2.45) is 5.14 Å². The van der Waals surface area contributed by atoms with Crippen LogP contribution in [0.4, 0.5) is 5.13 Å². The SMILES string of the molecule is NS(=O)(=O)c1cnc(N2CCN(Cc3ccncc3)CC2)s1. The van der Waals surface area contributed by atoms with E-state index in [2.05, 4.69) is 19.8 Å². The minimum absolute atomic E-state index is 0.113. The molecule has 0 aliphatic carbocycles. The number of hydrogen-bond acceptors (Lipinski definition) is 7. The third-order valence-corrected chi connectivity index (χ3v) is 6.02. The van der Waals surface area contributed by atoms with Crippen molar-refractivity contribution in [1.29, 1.82) is 0 Å². The lowest BCUT2D eigenvalue weighted by atomic mass is 10.2. The number of aromatic nitrogens is 2. The van der Waals surface area contributed by atoms with Crippen molar-refractivity contribution in [3.63, 3.8) is 0 Å². The van der Waals surface area contributed by atoms with Crippen molar-refractivity contribution < 1.29 is 8.42 Å². The summed E-state index contributed by atoms with van der Waals surface area (Å²) in [5, 5.41) is 5.83. The van der Waals surface area contributed by atoms with E-state index in [0.717, 1.165) is 44.1 Å². The van der Waals surface area contributed by atoms with Crippen molar-refractivity contribution in [3.8, 4) is 0 Å². The summed E-state index contributed by atoms with van der Waals surface area (Å²) in [5.74, 6) is 0. The maximum atomic E-state index is 11.3. The van der Waals surface area contributed by atoms with E-state index in [1.165, 1.54) is 11.8 Å². The quantitative estimate of drug-likeness (QED) is 0.872. The average Bonchev–Trinajstić information content (AvgIpc) is 2.99. The van der Waals surface area contributed by atoms with Gasteiger partial charge in [0.25, 0.3) is 0 Å². The van der Waals surface area contributed by atoms with Gasteiger partial charge >= 0.3 is 0 Å². The number of anilines is 1. The molecule has 0 aromatic carbocycles. The van der Waals surface area contributed by atoms with E-state index in [0.29, 0.717) is 5.13 Å². The Hall–Kier alpha value is -1.55. The molecule has 1 fully saturated rings. The lowest BCUT2D eigenvalue weighted by Gasteiger charge is -2.34. The molecule has 0 spiro atoms. The molecule has 1 aliphatic heterocycles. The van der Waals surface area contributed by atoms with Gasteiger partial charge in [-0.2, -0.15) is 0 Å². The van der Waals surface area contributed by atoms with Gasteiger partial charge in [-0.1, -0.05) is 11.3 Å². The summed E-state index contributed by atoms with van der Waals surface area (Å²) in [5.41, 5.74) is 1.24. The number of primary sulfonamides is 1. The van der Waals surface area contributed by atoms with Crippen LogP contribution < -0.4 is 10.0 Å². The average molecular weight is 339 g/mol. The standard InChI is InChI=1S/C13H17N5O2S2/c14-22(19,20)12-9-16-13(21-12)18-7-5-17(6-8-18)10-11-1-3-15-4-2-11/h1-4,9H,5-8,10H2,(H2,14,19,20). The molecule has 9 heteroatoms. The predicted molar refractivity (Wildman–Crippen MR) is 85.2 cm³/mol. The van der Waals surface area contributed by atoms with E-state index in [-0.39, 0.29) is 4.21 Å². The molecule has 0 amide bonds. The Labute approximate surface area is 133 Å². The number of pyridine rings is 1. The smallest absolute Gasteiger partial charge is 0.249 e. The zero-order valence-corrected chi connectivity index (χ0v) is 13.6. The Balaban J connectivity index is 1.59. The van der Waals surface area contributed by atoms with E-state index in [9.17, 15) is 8.42 Å². The molecule has 0 saturated carbocycles. The molecule has 0 radical (unpaired) electrons. The summed E-state index contributed by atoms with van der Waals surface area (Å²) < 4.78 is 22.7. The molecule has 2 N–H and O–H groups in total. The van der Waals surface area contributed by atoms with E-state index >= 15 is 0 Å². The van der Waals surface area contributed by atoms with Crippen LogP contribution in [0.15, 0.2) is 34.9 Å². The molecule has 2 aromatic rings. The van der Waals surface area contributed by atoms with E-state index in [1.807, 2.05) is 12.1 Å². The van der Waals surface area contributed by atoms with Crippen LogP contribution in [0.25, 0.3) is 0 Å². The zero-order chi connectivity index (χ0) is 15.6. The number of nitrogens with zero attached hydrogens (tertiary/aromatic N) is 4. The number of hydrogen-bond donors (Lipinski definition) is 1. The molecule has 0 bridgehead atoms. The van der Waals surface area contributed by atoms with Crippen LogP contribution in [0.5, 0.6) is 0 Å². The van der Waals surface area contributed by atoms with Gasteiger partial charge in [0.1, 0.15) is 0 Å². The maximum Gasteiger partial charge on any atom is 0.249 e. The van der Waals surface area contributed by atoms with Gasteiger partial charge < -0.3 is 4.90 Å². The van der Waals surface area contributed by atoms with E-state index in [1.54, 1.807) is 12.4 Å². The van der Waals surface area contributed by atoms with Crippen LogP contribution in [-0.4, -0.2) is 49.5 Å². The van der Waals surface area contributed by atoms with Crippen LogP contribution in [0, 0.1) is 0 Å².